The van der Waals surface area contributed by atoms with Crippen LogP contribution in [-0.4, -0.2) is 109 Å². The van der Waals surface area contributed by atoms with Crippen LogP contribution in [0.1, 0.15) is 22.3 Å². The van der Waals surface area contributed by atoms with Crippen molar-refractivity contribution < 1.29 is 70.0 Å². The third-order valence-electron chi connectivity index (χ3n) is 6.68. The summed E-state index contributed by atoms with van der Waals surface area (Å²) in [6, 6.07) is 0.302. The maximum atomic E-state index is 12.6. The molecule has 0 spiro atoms. The second-order valence-electron chi connectivity index (χ2n) is 11.1. The summed E-state index contributed by atoms with van der Waals surface area (Å²) in [5, 5.41) is 35.2. The highest BCUT2D eigenvalue weighted by molar-refractivity contribution is 7.90. The Morgan fingerprint density at radius 3 is 2.02 bits per heavy atom. The van der Waals surface area contributed by atoms with Gasteiger partial charge in [0, 0.05) is 19.9 Å². The van der Waals surface area contributed by atoms with Crippen LogP contribution in [0.3, 0.4) is 0 Å². The lowest BCUT2D eigenvalue weighted by Crippen LogP contribution is -2.36. The Balaban J connectivity index is 0.000000332. The molecule has 4 rings (SSSR count). The molecule has 0 aliphatic rings. The fraction of sp³-hybridized carbons (Fsp3) is 0.296. The number of alkyl halides is 3. The number of sulfonamides is 1. The van der Waals surface area contributed by atoms with Crippen molar-refractivity contribution in [2.24, 2.45) is 12.8 Å². The number of amides is 2. The summed E-state index contributed by atoms with van der Waals surface area (Å²) in [4.78, 5) is 59.6. The first-order valence-electron chi connectivity index (χ1n) is 15.1. The Bertz CT molecular complexity index is 2350. The minimum absolute atomic E-state index is 0.0412. The van der Waals surface area contributed by atoms with Crippen molar-refractivity contribution in [3.8, 4) is 17.4 Å². The number of rotatable bonds is 12. The third kappa shape index (κ3) is 13.8. The number of nitrogens with zero attached hydrogens (tertiary/aromatic N) is 7. The van der Waals surface area contributed by atoms with E-state index >= 15 is 0 Å². The predicted molar refractivity (Wildman–Crippen MR) is 200 cm³/mol. The summed E-state index contributed by atoms with van der Waals surface area (Å²) in [7, 11) is -3.96. The fourth-order valence-corrected chi connectivity index (χ4v) is 7.01. The lowest BCUT2D eigenvalue weighted by molar-refractivity contribution is -0.383. The number of hydrogen-bond donors (Lipinski definition) is 7. The highest BCUT2D eigenvalue weighted by atomic mass is 35.5. The Hall–Kier alpha value is -5.51. The number of hydrogen-bond acceptors (Lipinski definition) is 16. The van der Waals surface area contributed by atoms with E-state index in [1.807, 2.05) is 0 Å². The smallest absolute Gasteiger partial charge is 0.416 e. The lowest BCUT2D eigenvalue weighted by Gasteiger charge is -2.12. The van der Waals surface area contributed by atoms with E-state index in [0.717, 1.165) is 17.9 Å². The molecule has 0 aliphatic carbocycles. The molecular formula is C27H30Cl3F3N11O13PS. The van der Waals surface area contributed by atoms with Crippen molar-refractivity contribution in [1.29, 1.82) is 0 Å². The van der Waals surface area contributed by atoms with Gasteiger partial charge in [-0.1, -0.05) is 34.8 Å². The molecule has 24 nitrogen and oxygen atoms in total. The number of aliphatic carboxylic acids is 1. The number of urea groups is 1. The molecule has 324 valence electrons. The first kappa shape index (κ1) is 49.6. The minimum atomic E-state index is -4.64. The summed E-state index contributed by atoms with van der Waals surface area (Å²) >= 11 is 17.2. The molecule has 2 atom stereocenters. The van der Waals surface area contributed by atoms with Gasteiger partial charge in [-0.25, -0.2) is 19.0 Å². The van der Waals surface area contributed by atoms with E-state index in [-0.39, 0.29) is 46.0 Å². The number of carbonyl (C=O) groups is 3. The number of nitro groups is 1. The second kappa shape index (κ2) is 20.0. The molecule has 1 aromatic carbocycles. The van der Waals surface area contributed by atoms with Crippen molar-refractivity contribution in [3.63, 3.8) is 0 Å². The molecule has 59 heavy (non-hydrogen) atoms. The SMILES string of the molecule is COc1cc(OC)nc(NC(=O)NS(=O)(=O)c2c(C(=O)O)c(Cl)nn2C)n1.CP(=O)(O)CCC(N)C(=O)O.Nc1c([N+](=O)[O-])cnn1-c1c(Cl)cc(C(F)(F)F)cc1Cl. The predicted octanol–water partition coefficient (Wildman–Crippen LogP) is 3.47. The van der Waals surface area contributed by atoms with Gasteiger partial charge in [0.05, 0.1) is 40.8 Å². The summed E-state index contributed by atoms with van der Waals surface area (Å²) in [5.41, 5.74) is 8.09. The van der Waals surface area contributed by atoms with Gasteiger partial charge in [-0.05, 0) is 18.6 Å². The van der Waals surface area contributed by atoms with Gasteiger partial charge in [0.15, 0.2) is 17.5 Å². The van der Waals surface area contributed by atoms with Crippen LogP contribution >= 0.6 is 42.2 Å². The van der Waals surface area contributed by atoms with E-state index in [1.54, 1.807) is 4.72 Å². The Morgan fingerprint density at radius 1 is 1.08 bits per heavy atom. The van der Waals surface area contributed by atoms with E-state index < -0.39 is 85.3 Å². The number of methoxy groups -OCH3 is 2. The second-order valence-corrected chi connectivity index (χ2v) is 16.4. The van der Waals surface area contributed by atoms with Gasteiger partial charge < -0.3 is 36.0 Å². The number of benzene rings is 1. The van der Waals surface area contributed by atoms with Crippen LogP contribution in [0.15, 0.2) is 29.4 Å². The molecule has 0 saturated heterocycles. The van der Waals surface area contributed by atoms with Gasteiger partial charge >= 0.3 is 29.8 Å². The first-order valence-corrected chi connectivity index (χ1v) is 20.0. The Morgan fingerprint density at radius 2 is 1.61 bits per heavy atom. The maximum absolute atomic E-state index is 12.6. The van der Waals surface area contributed by atoms with Crippen molar-refractivity contribution in [2.45, 2.75) is 23.7 Å². The molecule has 3 aromatic heterocycles. The molecule has 0 radical (unpaired) electrons. The summed E-state index contributed by atoms with van der Waals surface area (Å²) in [6.45, 7) is 1.18. The number of carbonyl (C=O) groups excluding carboxylic acids is 1. The monoisotopic (exact) mass is 941 g/mol. The van der Waals surface area contributed by atoms with Crippen LogP contribution in [0.4, 0.5) is 35.4 Å². The highest BCUT2D eigenvalue weighted by Gasteiger charge is 2.34. The minimum Gasteiger partial charge on any atom is -0.481 e. The van der Waals surface area contributed by atoms with Gasteiger partial charge in [-0.15, -0.1) is 0 Å². The molecule has 2 amide bonds. The van der Waals surface area contributed by atoms with E-state index in [1.165, 1.54) is 27.0 Å². The van der Waals surface area contributed by atoms with Crippen molar-refractivity contribution in [3.05, 3.63) is 60.8 Å². The number of anilines is 2. The molecule has 3 heterocycles. The largest absolute Gasteiger partial charge is 0.481 e. The summed E-state index contributed by atoms with van der Waals surface area (Å²) in [5.74, 6) is -3.39. The number of nitrogen functional groups attached to an aromatic ring is 1. The number of aromatic nitrogens is 6. The number of ether oxygens (including phenoxy) is 2. The molecule has 0 aliphatic heterocycles. The average Bonchev–Trinajstić information content (AvgIpc) is 3.64. The third-order valence-corrected chi connectivity index (χ3v) is 10.0. The van der Waals surface area contributed by atoms with Crippen molar-refractivity contribution in [1.82, 2.24) is 34.3 Å². The maximum Gasteiger partial charge on any atom is 0.416 e. The van der Waals surface area contributed by atoms with Gasteiger partial charge in [0.25, 0.3) is 10.0 Å². The number of nitrogens with one attached hydrogen (secondary N) is 2. The molecule has 9 N–H and O–H groups in total. The van der Waals surface area contributed by atoms with Gasteiger partial charge in [0.1, 0.15) is 23.5 Å². The topological polar surface area (TPSA) is 362 Å². The molecule has 0 saturated carbocycles. The van der Waals surface area contributed by atoms with Gasteiger partial charge in [0.2, 0.25) is 23.5 Å². The number of carboxylic acid groups (broad SMARTS) is 2. The zero-order valence-corrected chi connectivity index (χ0v) is 34.1. The number of aryl methyl sites for hydroxylation is 1. The Kier molecular flexibility index (Phi) is 16.8. The lowest BCUT2D eigenvalue weighted by atomic mass is 10.2. The normalized spacial score (nSPS) is 12.7. The Labute approximate surface area is 343 Å². The molecule has 0 bridgehead atoms. The van der Waals surface area contributed by atoms with Crippen LogP contribution in [-0.2, 0) is 32.6 Å². The standard InChI is InChI=1S/C12H13ClN6O7S.C10H5Cl2F3N4O2.C5H12NO4P/c1-19-9(7(10(20)21)8(13)17-19)27(23,24)18-12(22)16-11-14-5(25-2)4-6(15-11)26-3;11-5-1-4(10(13,14)15)2-6(12)8(5)18-9(16)7(3-17-18)19(20)21;1-11(9,10)3-2-4(6)5(7)8/h4H,1-3H3,(H,20,21)(H2,14,15,16,18,22);1-3H,16H2;4H,2-3,6H2,1H3,(H,7,8)(H,9,10). The van der Waals surface area contributed by atoms with Crippen LogP contribution in [0.25, 0.3) is 5.69 Å². The van der Waals surface area contributed by atoms with E-state index in [2.05, 4.69) is 25.5 Å². The summed E-state index contributed by atoms with van der Waals surface area (Å²) in [6.07, 6.45) is -3.78. The van der Waals surface area contributed by atoms with E-state index in [9.17, 15) is 50.7 Å². The van der Waals surface area contributed by atoms with E-state index in [0.29, 0.717) is 16.8 Å². The fourth-order valence-electron chi connectivity index (χ4n) is 4.03. The zero-order chi connectivity index (χ0) is 45.4. The van der Waals surface area contributed by atoms with Crippen LogP contribution in [0.5, 0.6) is 11.8 Å². The van der Waals surface area contributed by atoms with Crippen molar-refractivity contribution >= 4 is 87.6 Å². The quantitative estimate of drug-likeness (QED) is 0.0607. The molecule has 0 fully saturated rings. The average molecular weight is 943 g/mol. The summed E-state index contributed by atoms with van der Waals surface area (Å²) < 4.78 is 86.2. The van der Waals surface area contributed by atoms with Crippen molar-refractivity contribution in [2.75, 3.05) is 38.1 Å². The van der Waals surface area contributed by atoms with Crippen LogP contribution in [0.2, 0.25) is 15.2 Å². The number of halogens is 6. The number of aromatic carboxylic acids is 1. The molecule has 4 aromatic rings. The number of nitrogens with two attached hydrogens (primary N) is 2. The van der Waals surface area contributed by atoms with Gasteiger partial charge in [-0.3, -0.25) is 29.5 Å². The van der Waals surface area contributed by atoms with Gasteiger partial charge in [-0.2, -0.15) is 41.8 Å². The highest BCUT2D eigenvalue weighted by Crippen LogP contribution is 2.39. The number of carboxylic acids is 2. The molecule has 2 unspecified atom stereocenters. The van der Waals surface area contributed by atoms with E-state index in [4.69, 9.17) is 70.9 Å². The van der Waals surface area contributed by atoms with Crippen LogP contribution < -0.4 is 31.0 Å². The molecular weight excluding hydrogens is 913 g/mol. The molecule has 32 heteroatoms. The first-order chi connectivity index (χ1) is 27.0. The van der Waals surface area contributed by atoms with Crippen LogP contribution in [0, 0.1) is 10.1 Å². The zero-order valence-electron chi connectivity index (χ0n) is 30.1.